The number of rotatable bonds is 8. The number of aromatic nitrogens is 1. The maximum atomic E-state index is 14.8. The van der Waals surface area contributed by atoms with Crippen molar-refractivity contribution in [3.05, 3.63) is 41.1 Å². The Bertz CT molecular complexity index is 798. The molecular formula is C23H32F2N2O3. The number of aliphatic hydroxyl groups excluding tert-OH is 1. The molecule has 166 valence electrons. The van der Waals surface area contributed by atoms with Crippen molar-refractivity contribution in [1.29, 1.82) is 0 Å². The molecule has 2 aliphatic rings. The predicted octanol–water partition coefficient (Wildman–Crippen LogP) is 4.76. The van der Waals surface area contributed by atoms with Gasteiger partial charge >= 0.3 is 0 Å². The molecule has 0 saturated carbocycles. The van der Waals surface area contributed by atoms with E-state index in [9.17, 15) is 13.9 Å². The van der Waals surface area contributed by atoms with Crippen LogP contribution in [0.1, 0.15) is 58.4 Å². The second-order valence-corrected chi connectivity index (χ2v) is 8.14. The van der Waals surface area contributed by atoms with Crippen LogP contribution in [-0.2, 0) is 9.47 Å². The smallest absolute Gasteiger partial charge is 0.166 e. The Morgan fingerprint density at radius 3 is 2.77 bits per heavy atom. The van der Waals surface area contributed by atoms with Gasteiger partial charge in [-0.2, -0.15) is 0 Å². The lowest BCUT2D eigenvalue weighted by molar-refractivity contribution is -0.233. The molecule has 7 heteroatoms. The summed E-state index contributed by atoms with van der Waals surface area (Å²) in [6.07, 6.45) is 7.70. The average Bonchev–Trinajstić information content (AvgIpc) is 2.73. The van der Waals surface area contributed by atoms with Crippen LogP contribution in [0.4, 0.5) is 14.6 Å². The second-order valence-electron chi connectivity index (χ2n) is 8.14. The van der Waals surface area contributed by atoms with Crippen LogP contribution in [0.3, 0.4) is 0 Å². The molecule has 1 aromatic rings. The maximum Gasteiger partial charge on any atom is 0.166 e. The molecule has 0 aromatic carbocycles. The zero-order valence-corrected chi connectivity index (χ0v) is 18.1. The summed E-state index contributed by atoms with van der Waals surface area (Å²) in [7, 11) is 0. The van der Waals surface area contributed by atoms with Gasteiger partial charge in [-0.1, -0.05) is 19.4 Å². The summed E-state index contributed by atoms with van der Waals surface area (Å²) in [6, 6.07) is 1.30. The first-order chi connectivity index (χ1) is 14.4. The van der Waals surface area contributed by atoms with Crippen molar-refractivity contribution >= 4 is 11.4 Å². The molecule has 1 atom stereocenters. The quantitative estimate of drug-likeness (QED) is 0.612. The highest BCUT2D eigenvalue weighted by Gasteiger charge is 2.46. The van der Waals surface area contributed by atoms with Gasteiger partial charge in [0, 0.05) is 23.9 Å². The van der Waals surface area contributed by atoms with Crippen LogP contribution in [-0.4, -0.2) is 48.3 Å². The van der Waals surface area contributed by atoms with Gasteiger partial charge in [-0.25, -0.2) is 13.8 Å². The third-order valence-corrected chi connectivity index (χ3v) is 5.87. The fourth-order valence-electron chi connectivity index (χ4n) is 4.15. The van der Waals surface area contributed by atoms with Gasteiger partial charge in [-0.3, -0.25) is 0 Å². The zero-order valence-electron chi connectivity index (χ0n) is 18.1. The summed E-state index contributed by atoms with van der Waals surface area (Å²) < 4.78 is 41.3. The summed E-state index contributed by atoms with van der Waals surface area (Å²) in [5, 5.41) is 9.25. The molecule has 3 heterocycles. The normalized spacial score (nSPS) is 22.5. The number of allylic oxidation sites excluding steroid dienone is 2. The van der Waals surface area contributed by atoms with E-state index in [0.717, 1.165) is 38.7 Å². The van der Waals surface area contributed by atoms with Crippen molar-refractivity contribution in [3.63, 3.8) is 0 Å². The largest absolute Gasteiger partial charge is 0.392 e. The highest BCUT2D eigenvalue weighted by Crippen LogP contribution is 2.37. The lowest BCUT2D eigenvalue weighted by atomic mass is 9.88. The van der Waals surface area contributed by atoms with E-state index in [4.69, 9.17) is 9.47 Å². The summed E-state index contributed by atoms with van der Waals surface area (Å²) in [4.78, 5) is 6.13. The van der Waals surface area contributed by atoms with E-state index < -0.39 is 18.3 Å². The lowest BCUT2D eigenvalue weighted by Crippen LogP contribution is -2.65. The molecule has 1 unspecified atom stereocenters. The number of hydrogen-bond donors (Lipinski definition) is 1. The summed E-state index contributed by atoms with van der Waals surface area (Å²) in [5.41, 5.74) is 0.435. The number of pyridine rings is 1. The monoisotopic (exact) mass is 422 g/mol. The van der Waals surface area contributed by atoms with E-state index in [0.29, 0.717) is 18.7 Å². The molecule has 0 aliphatic carbocycles. The van der Waals surface area contributed by atoms with E-state index >= 15 is 0 Å². The molecule has 2 aliphatic heterocycles. The number of nitrogens with zero attached hydrogens (tertiary/aromatic N) is 2. The Kier molecular flexibility index (Phi) is 7.60. The molecule has 2 saturated heterocycles. The average molecular weight is 423 g/mol. The Hall–Kier alpha value is -1.83. The van der Waals surface area contributed by atoms with Crippen LogP contribution in [0.2, 0.25) is 0 Å². The van der Waals surface area contributed by atoms with E-state index in [1.54, 1.807) is 13.8 Å². The number of anilines is 1. The van der Waals surface area contributed by atoms with Gasteiger partial charge in [0.05, 0.1) is 19.7 Å². The predicted molar refractivity (Wildman–Crippen MR) is 113 cm³/mol. The molecule has 2 fully saturated rings. The lowest BCUT2D eigenvalue weighted by Gasteiger charge is -2.51. The first-order valence-corrected chi connectivity index (χ1v) is 10.8. The number of aliphatic hydroxyl groups is 1. The SMILES string of the molecule is C/C=C(CO)\C(F)=C(/C)c1cnc(N2CC(CCC)(OC3CCCCO3)C2)c(F)c1. The van der Waals surface area contributed by atoms with Gasteiger partial charge in [0.25, 0.3) is 0 Å². The van der Waals surface area contributed by atoms with Crippen LogP contribution >= 0.6 is 0 Å². The van der Waals surface area contributed by atoms with Crippen LogP contribution in [0.15, 0.2) is 29.7 Å². The molecule has 0 amide bonds. The summed E-state index contributed by atoms with van der Waals surface area (Å²) in [6.45, 7) is 6.74. The Labute approximate surface area is 177 Å². The van der Waals surface area contributed by atoms with Crippen molar-refractivity contribution < 1.29 is 23.4 Å². The third-order valence-electron chi connectivity index (χ3n) is 5.87. The molecule has 0 radical (unpaired) electrons. The van der Waals surface area contributed by atoms with Gasteiger partial charge in [-0.15, -0.1) is 0 Å². The molecule has 1 aromatic heterocycles. The fraction of sp³-hybridized carbons (Fsp3) is 0.609. The Morgan fingerprint density at radius 2 is 2.20 bits per heavy atom. The first kappa shape index (κ1) is 22.8. The first-order valence-electron chi connectivity index (χ1n) is 10.8. The zero-order chi connectivity index (χ0) is 21.7. The van der Waals surface area contributed by atoms with Gasteiger partial charge in [0.1, 0.15) is 11.4 Å². The molecular weight excluding hydrogens is 390 g/mol. The number of halogens is 2. The van der Waals surface area contributed by atoms with Crippen LogP contribution in [0, 0.1) is 5.82 Å². The van der Waals surface area contributed by atoms with Gasteiger partial charge in [-0.05, 0) is 51.2 Å². The Balaban J connectivity index is 1.72. The van der Waals surface area contributed by atoms with Gasteiger partial charge in [0.2, 0.25) is 0 Å². The van der Waals surface area contributed by atoms with Crippen molar-refractivity contribution in [3.8, 4) is 0 Å². The molecule has 1 N–H and O–H groups in total. The molecule has 3 rings (SSSR count). The van der Waals surface area contributed by atoms with Crippen LogP contribution in [0.5, 0.6) is 0 Å². The fourth-order valence-corrected chi connectivity index (χ4v) is 4.15. The van der Waals surface area contributed by atoms with E-state index in [-0.39, 0.29) is 28.9 Å². The van der Waals surface area contributed by atoms with E-state index in [2.05, 4.69) is 11.9 Å². The minimum atomic E-state index is -0.555. The van der Waals surface area contributed by atoms with Crippen LogP contribution in [0.25, 0.3) is 5.57 Å². The van der Waals surface area contributed by atoms with Gasteiger partial charge in [0.15, 0.2) is 17.9 Å². The highest BCUT2D eigenvalue weighted by molar-refractivity contribution is 5.69. The third kappa shape index (κ3) is 4.90. The summed E-state index contributed by atoms with van der Waals surface area (Å²) in [5.74, 6) is -0.800. The number of hydrogen-bond acceptors (Lipinski definition) is 5. The van der Waals surface area contributed by atoms with Crippen molar-refractivity contribution in [2.45, 2.75) is 64.8 Å². The van der Waals surface area contributed by atoms with E-state index in [1.165, 1.54) is 18.3 Å². The standard InChI is InChI=1S/C23H32F2N2O3/c1-4-9-23(30-20-8-6-7-10-29-20)14-27(15-23)22-19(24)11-18(12-26-22)16(3)21(25)17(5-2)13-28/h5,11-12,20,28H,4,6-10,13-15H2,1-3H3/b17-5-,21-16-. The highest BCUT2D eigenvalue weighted by atomic mass is 19.1. The molecule has 0 bridgehead atoms. The molecule has 5 nitrogen and oxygen atoms in total. The minimum absolute atomic E-state index is 0.172. The van der Waals surface area contributed by atoms with E-state index in [1.807, 2.05) is 4.90 Å². The summed E-state index contributed by atoms with van der Waals surface area (Å²) >= 11 is 0. The Morgan fingerprint density at radius 1 is 1.43 bits per heavy atom. The number of ether oxygens (including phenoxy) is 2. The van der Waals surface area contributed by atoms with Crippen molar-refractivity contribution in [1.82, 2.24) is 4.98 Å². The van der Waals surface area contributed by atoms with Crippen molar-refractivity contribution in [2.24, 2.45) is 0 Å². The molecule has 0 spiro atoms. The second kappa shape index (κ2) is 9.98. The molecule has 30 heavy (non-hydrogen) atoms. The maximum absolute atomic E-state index is 14.8. The minimum Gasteiger partial charge on any atom is -0.392 e. The van der Waals surface area contributed by atoms with Crippen molar-refractivity contribution in [2.75, 3.05) is 31.2 Å². The van der Waals surface area contributed by atoms with Gasteiger partial charge < -0.3 is 19.5 Å². The van der Waals surface area contributed by atoms with Crippen LogP contribution < -0.4 is 4.90 Å². The topological polar surface area (TPSA) is 54.8 Å².